The molecule has 20 heavy (non-hydrogen) atoms. The minimum absolute atomic E-state index is 0.129. The summed E-state index contributed by atoms with van der Waals surface area (Å²) in [7, 11) is 0. The van der Waals surface area contributed by atoms with Gasteiger partial charge in [0.15, 0.2) is 0 Å². The van der Waals surface area contributed by atoms with Crippen molar-refractivity contribution in [2.24, 2.45) is 0 Å². The van der Waals surface area contributed by atoms with Gasteiger partial charge in [0.2, 0.25) is 5.91 Å². The van der Waals surface area contributed by atoms with Crippen LogP contribution < -0.4 is 10.6 Å². The van der Waals surface area contributed by atoms with Crippen molar-refractivity contribution in [3.05, 3.63) is 29.8 Å². The molecule has 4 nitrogen and oxygen atoms in total. The fraction of sp³-hybridized carbons (Fsp3) is 0.500. The predicted octanol–water partition coefficient (Wildman–Crippen LogP) is 2.04. The van der Waals surface area contributed by atoms with Crippen molar-refractivity contribution < 1.29 is 18.7 Å². The lowest BCUT2D eigenvalue weighted by Crippen LogP contribution is -2.42. The average molecular weight is 286 g/mol. The summed E-state index contributed by atoms with van der Waals surface area (Å²) in [5.74, 6) is -2.21. The third-order valence-electron chi connectivity index (χ3n) is 3.28. The zero-order valence-corrected chi connectivity index (χ0v) is 11.7. The molecule has 0 aliphatic heterocycles. The maximum atomic E-state index is 13.3. The smallest absolute Gasteiger partial charge is 0.238 e. The van der Waals surface area contributed by atoms with Crippen LogP contribution in [0, 0.1) is 11.6 Å². The summed E-state index contributed by atoms with van der Waals surface area (Å²) >= 11 is 0. The molecule has 1 aromatic carbocycles. The predicted molar refractivity (Wildman–Crippen MR) is 73.4 cm³/mol. The van der Waals surface area contributed by atoms with Gasteiger partial charge in [-0.15, -0.1) is 0 Å². The second kappa shape index (κ2) is 7.31. The van der Waals surface area contributed by atoms with E-state index in [0.717, 1.165) is 12.1 Å². The van der Waals surface area contributed by atoms with E-state index in [-0.39, 0.29) is 13.1 Å². The first-order valence-corrected chi connectivity index (χ1v) is 6.59. The Hall–Kier alpha value is -1.53. The van der Waals surface area contributed by atoms with E-state index >= 15 is 0 Å². The number of para-hydroxylation sites is 1. The topological polar surface area (TPSA) is 61.4 Å². The highest BCUT2D eigenvalue weighted by Gasteiger charge is 2.21. The molecule has 1 aromatic rings. The van der Waals surface area contributed by atoms with Crippen LogP contribution in [0.15, 0.2) is 18.2 Å². The zero-order valence-electron chi connectivity index (χ0n) is 11.7. The standard InChI is InChI=1S/C14H20F2N2O2/c1-3-14(20,4-2)9-17-8-12(19)18-13-10(15)6-5-7-11(13)16/h5-7,17,20H,3-4,8-9H2,1-2H3,(H,18,19). The van der Waals surface area contributed by atoms with Crippen LogP contribution in [0.1, 0.15) is 26.7 Å². The third kappa shape index (κ3) is 4.54. The number of hydrogen-bond donors (Lipinski definition) is 3. The first-order valence-electron chi connectivity index (χ1n) is 6.59. The minimum Gasteiger partial charge on any atom is -0.389 e. The molecule has 0 aromatic heterocycles. The lowest BCUT2D eigenvalue weighted by Gasteiger charge is -2.25. The molecule has 0 aliphatic rings. The Kier molecular flexibility index (Phi) is 6.04. The number of aliphatic hydroxyl groups is 1. The second-order valence-corrected chi connectivity index (χ2v) is 4.68. The number of anilines is 1. The van der Waals surface area contributed by atoms with Crippen LogP contribution in [-0.2, 0) is 4.79 Å². The van der Waals surface area contributed by atoms with Gasteiger partial charge in [-0.3, -0.25) is 4.79 Å². The molecule has 0 fully saturated rings. The van der Waals surface area contributed by atoms with E-state index in [2.05, 4.69) is 10.6 Å². The summed E-state index contributed by atoms with van der Waals surface area (Å²) < 4.78 is 26.6. The van der Waals surface area contributed by atoms with Crippen LogP contribution >= 0.6 is 0 Å². The molecule has 112 valence electrons. The average Bonchev–Trinajstić information content (AvgIpc) is 2.43. The highest BCUT2D eigenvalue weighted by atomic mass is 19.1. The molecular weight excluding hydrogens is 266 g/mol. The number of nitrogens with one attached hydrogen (secondary N) is 2. The minimum atomic E-state index is -0.872. The quantitative estimate of drug-likeness (QED) is 0.719. The van der Waals surface area contributed by atoms with Crippen molar-refractivity contribution >= 4 is 11.6 Å². The van der Waals surface area contributed by atoms with E-state index in [1.165, 1.54) is 6.07 Å². The summed E-state index contributed by atoms with van der Waals surface area (Å²) in [6, 6.07) is 3.36. The van der Waals surface area contributed by atoms with Crippen molar-refractivity contribution in [2.75, 3.05) is 18.4 Å². The van der Waals surface area contributed by atoms with Crippen molar-refractivity contribution in [1.29, 1.82) is 0 Å². The number of benzene rings is 1. The summed E-state index contributed by atoms with van der Waals surface area (Å²) in [4.78, 5) is 11.6. The SMILES string of the molecule is CCC(O)(CC)CNCC(=O)Nc1c(F)cccc1F. The van der Waals surface area contributed by atoms with E-state index in [0.29, 0.717) is 12.8 Å². The normalized spacial score (nSPS) is 11.4. The van der Waals surface area contributed by atoms with Gasteiger partial charge >= 0.3 is 0 Å². The van der Waals surface area contributed by atoms with E-state index < -0.39 is 28.8 Å². The Balaban J connectivity index is 2.49. The van der Waals surface area contributed by atoms with Crippen molar-refractivity contribution in [3.63, 3.8) is 0 Å². The monoisotopic (exact) mass is 286 g/mol. The molecule has 0 bridgehead atoms. The molecule has 1 rings (SSSR count). The molecule has 0 saturated carbocycles. The molecule has 0 saturated heterocycles. The van der Waals surface area contributed by atoms with Gasteiger partial charge in [-0.2, -0.15) is 0 Å². The number of carbonyl (C=O) groups is 1. The van der Waals surface area contributed by atoms with Crippen LogP contribution in [0.2, 0.25) is 0 Å². The Morgan fingerprint density at radius 3 is 2.30 bits per heavy atom. The number of halogens is 2. The van der Waals surface area contributed by atoms with Crippen molar-refractivity contribution in [1.82, 2.24) is 5.32 Å². The highest BCUT2D eigenvalue weighted by molar-refractivity contribution is 5.92. The molecular formula is C14H20F2N2O2. The van der Waals surface area contributed by atoms with Gasteiger partial charge < -0.3 is 15.7 Å². The lowest BCUT2D eigenvalue weighted by molar-refractivity contribution is -0.115. The van der Waals surface area contributed by atoms with E-state index in [9.17, 15) is 18.7 Å². The fourth-order valence-corrected chi connectivity index (χ4v) is 1.71. The fourth-order valence-electron chi connectivity index (χ4n) is 1.71. The maximum absolute atomic E-state index is 13.3. The van der Waals surface area contributed by atoms with Crippen LogP contribution in [0.5, 0.6) is 0 Å². The highest BCUT2D eigenvalue weighted by Crippen LogP contribution is 2.17. The van der Waals surface area contributed by atoms with Crippen molar-refractivity contribution in [3.8, 4) is 0 Å². The van der Waals surface area contributed by atoms with Crippen LogP contribution in [-0.4, -0.2) is 29.7 Å². The zero-order chi connectivity index (χ0) is 15.2. The van der Waals surface area contributed by atoms with Crippen molar-refractivity contribution in [2.45, 2.75) is 32.3 Å². The molecule has 1 amide bonds. The lowest BCUT2D eigenvalue weighted by atomic mass is 9.98. The van der Waals surface area contributed by atoms with E-state index in [1.807, 2.05) is 13.8 Å². The summed E-state index contributed by atoms with van der Waals surface area (Å²) in [6.45, 7) is 3.81. The first-order chi connectivity index (χ1) is 9.41. The molecule has 0 atom stereocenters. The number of carbonyl (C=O) groups excluding carboxylic acids is 1. The Labute approximate surface area is 117 Å². The largest absolute Gasteiger partial charge is 0.389 e. The van der Waals surface area contributed by atoms with Gasteiger partial charge in [0, 0.05) is 6.54 Å². The Morgan fingerprint density at radius 1 is 1.25 bits per heavy atom. The van der Waals surface area contributed by atoms with Gasteiger partial charge in [0.1, 0.15) is 17.3 Å². The molecule has 3 N–H and O–H groups in total. The second-order valence-electron chi connectivity index (χ2n) is 4.68. The van der Waals surface area contributed by atoms with Gasteiger partial charge in [-0.1, -0.05) is 19.9 Å². The maximum Gasteiger partial charge on any atom is 0.238 e. The van der Waals surface area contributed by atoms with Crippen LogP contribution in [0.3, 0.4) is 0 Å². The third-order valence-corrected chi connectivity index (χ3v) is 3.28. The summed E-state index contributed by atoms with van der Waals surface area (Å²) in [5.41, 5.74) is -1.33. The van der Waals surface area contributed by atoms with Gasteiger partial charge in [0.25, 0.3) is 0 Å². The molecule has 0 radical (unpaired) electrons. The molecule has 6 heteroatoms. The number of hydrogen-bond acceptors (Lipinski definition) is 3. The van der Waals surface area contributed by atoms with Gasteiger partial charge in [0.05, 0.1) is 12.1 Å². The first kappa shape index (κ1) is 16.5. The Morgan fingerprint density at radius 2 is 1.80 bits per heavy atom. The van der Waals surface area contributed by atoms with Crippen LogP contribution in [0.4, 0.5) is 14.5 Å². The number of rotatable bonds is 7. The van der Waals surface area contributed by atoms with E-state index in [1.54, 1.807) is 0 Å². The molecule has 0 heterocycles. The summed E-state index contributed by atoms with van der Waals surface area (Å²) in [6.07, 6.45) is 1.11. The Bertz CT molecular complexity index is 442. The summed E-state index contributed by atoms with van der Waals surface area (Å²) in [5, 5.41) is 15.0. The molecule has 0 spiro atoms. The molecule has 0 unspecified atom stereocenters. The van der Waals surface area contributed by atoms with Gasteiger partial charge in [-0.05, 0) is 25.0 Å². The van der Waals surface area contributed by atoms with E-state index in [4.69, 9.17) is 0 Å². The number of amides is 1. The molecule has 0 aliphatic carbocycles. The van der Waals surface area contributed by atoms with Gasteiger partial charge in [-0.25, -0.2) is 8.78 Å². The van der Waals surface area contributed by atoms with Crippen LogP contribution in [0.25, 0.3) is 0 Å².